The number of rotatable bonds is 2. The van der Waals surface area contributed by atoms with Crippen molar-refractivity contribution >= 4 is 18.2 Å². The zero-order chi connectivity index (χ0) is 8.27. The van der Waals surface area contributed by atoms with Crippen molar-refractivity contribution in [2.45, 2.75) is 6.42 Å². The van der Waals surface area contributed by atoms with Crippen LogP contribution in [0.15, 0.2) is 4.99 Å². The molecule has 0 unspecified atom stereocenters. The van der Waals surface area contributed by atoms with Crippen molar-refractivity contribution in [2.75, 3.05) is 6.61 Å². The highest BCUT2D eigenvalue weighted by Crippen LogP contribution is 2.03. The van der Waals surface area contributed by atoms with Crippen LogP contribution in [0.2, 0.25) is 0 Å². The number of imide groups is 1. The zero-order valence-corrected chi connectivity index (χ0v) is 5.78. The minimum atomic E-state index is -0.635. The van der Waals surface area contributed by atoms with Crippen LogP contribution in [0.25, 0.3) is 0 Å². The van der Waals surface area contributed by atoms with Gasteiger partial charge >= 0.3 is 6.03 Å². The summed E-state index contributed by atoms with van der Waals surface area (Å²) in [5.41, 5.74) is 0. The molecule has 60 valence electrons. The fraction of sp³-hybridized carbons (Fsp3) is 0.500. The monoisotopic (exact) mass is 156 g/mol. The van der Waals surface area contributed by atoms with Gasteiger partial charge in [-0.15, -0.1) is 0 Å². The van der Waals surface area contributed by atoms with Crippen molar-refractivity contribution < 1.29 is 14.7 Å². The van der Waals surface area contributed by atoms with Gasteiger partial charge in [0, 0.05) is 12.8 Å². The number of aliphatic imine (C=N–C) groups is 1. The number of carbonyl (C=O) groups is 2. The number of amides is 3. The summed E-state index contributed by atoms with van der Waals surface area (Å²) in [6.45, 7) is -0.0850. The molecule has 3 amide bonds. The Balaban J connectivity index is 2.61. The molecular formula is C6H8N2O3. The van der Waals surface area contributed by atoms with Gasteiger partial charge in [0.1, 0.15) is 0 Å². The summed E-state index contributed by atoms with van der Waals surface area (Å²) in [5, 5.41) is 10.5. The smallest absolute Gasteiger partial charge is 0.347 e. The van der Waals surface area contributed by atoms with Crippen LogP contribution in [-0.4, -0.2) is 29.9 Å². The maximum Gasteiger partial charge on any atom is 0.347 e. The number of aliphatic hydroxyl groups is 1. The van der Waals surface area contributed by atoms with Crippen molar-refractivity contribution in [3.63, 3.8) is 0 Å². The van der Waals surface area contributed by atoms with Gasteiger partial charge in [0.05, 0.1) is 5.92 Å². The van der Waals surface area contributed by atoms with Crippen LogP contribution in [0.1, 0.15) is 6.42 Å². The Hall–Kier alpha value is -1.23. The average molecular weight is 156 g/mol. The highest BCUT2D eigenvalue weighted by atomic mass is 16.3. The maximum atomic E-state index is 10.9. The summed E-state index contributed by atoms with van der Waals surface area (Å²) in [5.74, 6) is -0.850. The lowest BCUT2D eigenvalue weighted by Gasteiger charge is -2.12. The summed E-state index contributed by atoms with van der Waals surface area (Å²) in [6, 6.07) is -0.635. The maximum absolute atomic E-state index is 10.9. The second kappa shape index (κ2) is 3.25. The molecule has 0 radical (unpaired) electrons. The molecular weight excluding hydrogens is 148 g/mol. The lowest BCUT2D eigenvalue weighted by molar-refractivity contribution is -0.122. The summed E-state index contributed by atoms with van der Waals surface area (Å²) in [6.07, 6.45) is 1.57. The number of aliphatic hydroxyl groups excluding tert-OH is 1. The molecule has 1 heterocycles. The van der Waals surface area contributed by atoms with Gasteiger partial charge < -0.3 is 5.11 Å². The molecule has 1 rings (SSSR count). The van der Waals surface area contributed by atoms with Crippen LogP contribution in [0.3, 0.4) is 0 Å². The second-order valence-corrected chi connectivity index (χ2v) is 2.19. The average Bonchev–Trinajstić information content (AvgIpc) is 1.95. The number of nitrogens with zero attached hydrogens (tertiary/aromatic N) is 1. The van der Waals surface area contributed by atoms with Crippen LogP contribution < -0.4 is 5.32 Å². The van der Waals surface area contributed by atoms with Gasteiger partial charge in [-0.25, -0.2) is 9.79 Å². The van der Waals surface area contributed by atoms with Crippen molar-refractivity contribution in [3.05, 3.63) is 0 Å². The molecule has 0 saturated heterocycles. The third-order valence-corrected chi connectivity index (χ3v) is 1.38. The van der Waals surface area contributed by atoms with Crippen LogP contribution in [0.5, 0.6) is 0 Å². The number of carbonyl (C=O) groups excluding carboxylic acids is 2. The number of hydrogen-bond donors (Lipinski definition) is 2. The van der Waals surface area contributed by atoms with Gasteiger partial charge in [-0.2, -0.15) is 0 Å². The fourth-order valence-electron chi connectivity index (χ4n) is 0.800. The van der Waals surface area contributed by atoms with E-state index in [9.17, 15) is 9.59 Å². The van der Waals surface area contributed by atoms with Crippen LogP contribution >= 0.6 is 0 Å². The van der Waals surface area contributed by atoms with Crippen molar-refractivity contribution in [2.24, 2.45) is 10.9 Å². The molecule has 2 N–H and O–H groups in total. The molecule has 0 saturated carbocycles. The lowest BCUT2D eigenvalue weighted by atomic mass is 10.1. The molecule has 0 aromatic carbocycles. The Bertz CT molecular complexity index is 212. The van der Waals surface area contributed by atoms with Crippen LogP contribution in [0, 0.1) is 5.92 Å². The summed E-state index contributed by atoms with van der Waals surface area (Å²) < 4.78 is 0. The van der Waals surface area contributed by atoms with Gasteiger partial charge in [-0.1, -0.05) is 0 Å². The van der Waals surface area contributed by atoms with E-state index in [4.69, 9.17) is 5.11 Å². The zero-order valence-electron chi connectivity index (χ0n) is 5.78. The second-order valence-electron chi connectivity index (χ2n) is 2.19. The first-order valence-corrected chi connectivity index (χ1v) is 3.24. The van der Waals surface area contributed by atoms with E-state index < -0.39 is 11.9 Å². The highest BCUT2D eigenvalue weighted by Gasteiger charge is 2.21. The van der Waals surface area contributed by atoms with Gasteiger partial charge in [0.2, 0.25) is 5.91 Å². The number of hydrogen-bond acceptors (Lipinski definition) is 3. The molecule has 0 spiro atoms. The summed E-state index contributed by atoms with van der Waals surface area (Å²) in [4.78, 5) is 24.7. The summed E-state index contributed by atoms with van der Waals surface area (Å²) in [7, 11) is 0. The van der Waals surface area contributed by atoms with Gasteiger partial charge in [-0.3, -0.25) is 10.1 Å². The van der Waals surface area contributed by atoms with E-state index in [-0.39, 0.29) is 12.5 Å². The molecule has 11 heavy (non-hydrogen) atoms. The highest BCUT2D eigenvalue weighted by molar-refractivity contribution is 6.09. The molecule has 5 nitrogen and oxygen atoms in total. The van der Waals surface area contributed by atoms with E-state index in [1.54, 1.807) is 0 Å². The Morgan fingerprint density at radius 3 is 2.91 bits per heavy atom. The van der Waals surface area contributed by atoms with Crippen molar-refractivity contribution in [1.29, 1.82) is 0 Å². The van der Waals surface area contributed by atoms with E-state index in [1.807, 2.05) is 5.32 Å². The van der Waals surface area contributed by atoms with Crippen molar-refractivity contribution in [1.82, 2.24) is 5.32 Å². The largest absolute Gasteiger partial charge is 0.396 e. The minimum absolute atomic E-state index is 0.0850. The molecule has 5 heteroatoms. The molecule has 0 aromatic rings. The predicted octanol–water partition coefficient (Wildman–Crippen LogP) is -0.694. The van der Waals surface area contributed by atoms with Gasteiger partial charge in [0.15, 0.2) is 0 Å². The molecule has 0 bridgehead atoms. The minimum Gasteiger partial charge on any atom is -0.396 e. The quantitative estimate of drug-likeness (QED) is 0.555. The number of urea groups is 1. The van der Waals surface area contributed by atoms with E-state index in [2.05, 4.69) is 4.99 Å². The predicted molar refractivity (Wildman–Crippen MR) is 37.2 cm³/mol. The Labute approximate surface area is 63.1 Å². The Morgan fingerprint density at radius 1 is 1.64 bits per heavy atom. The normalized spacial score (nSPS) is 23.5. The molecule has 1 aliphatic heterocycles. The topological polar surface area (TPSA) is 78.8 Å². The Morgan fingerprint density at radius 2 is 2.36 bits per heavy atom. The van der Waals surface area contributed by atoms with E-state index >= 15 is 0 Å². The van der Waals surface area contributed by atoms with Crippen LogP contribution in [-0.2, 0) is 4.79 Å². The molecule has 0 aromatic heterocycles. The van der Waals surface area contributed by atoms with E-state index in [1.165, 1.54) is 6.21 Å². The molecule has 0 aliphatic carbocycles. The first-order chi connectivity index (χ1) is 5.24. The van der Waals surface area contributed by atoms with E-state index in [0.717, 1.165) is 0 Å². The number of nitrogens with one attached hydrogen (secondary N) is 1. The molecule has 1 aliphatic rings. The first-order valence-electron chi connectivity index (χ1n) is 3.24. The van der Waals surface area contributed by atoms with Crippen molar-refractivity contribution in [3.8, 4) is 0 Å². The van der Waals surface area contributed by atoms with E-state index in [0.29, 0.717) is 6.42 Å². The van der Waals surface area contributed by atoms with Crippen LogP contribution in [0.4, 0.5) is 4.79 Å². The standard InChI is InChI=1S/C6H8N2O3/c9-2-1-4-3-7-6(11)8-5(4)10/h3-4,9H,1-2H2,(H,8,10,11)/t4-/m1/s1. The summed E-state index contributed by atoms with van der Waals surface area (Å²) >= 11 is 0. The SMILES string of the molecule is O=C1N=C[C@@H](CCO)C(=O)N1. The lowest BCUT2D eigenvalue weighted by Crippen LogP contribution is -2.39. The van der Waals surface area contributed by atoms with Gasteiger partial charge in [0.25, 0.3) is 0 Å². The first kappa shape index (κ1) is 7.87. The third kappa shape index (κ3) is 1.84. The van der Waals surface area contributed by atoms with Gasteiger partial charge in [-0.05, 0) is 6.42 Å². The third-order valence-electron chi connectivity index (χ3n) is 1.38. The Kier molecular flexibility index (Phi) is 2.32. The molecule has 1 atom stereocenters. The molecule has 0 fully saturated rings. The fourth-order valence-corrected chi connectivity index (χ4v) is 0.800.